The Balaban J connectivity index is 2.29. The molecule has 2 aromatic rings. The highest BCUT2D eigenvalue weighted by Crippen LogP contribution is 2.40. The standard InChI is InChI=1S/C15H14N4O/c1-9-10(2)19-13(11-5-4-6-17-8-11)15(20)18(3)14(19)12(9)7-16/h4-6,8,13H,1-3H3. The van der Waals surface area contributed by atoms with Gasteiger partial charge in [0.2, 0.25) is 0 Å². The van der Waals surface area contributed by atoms with E-state index >= 15 is 0 Å². The van der Waals surface area contributed by atoms with Gasteiger partial charge >= 0.3 is 0 Å². The number of likely N-dealkylation sites (N-methyl/N-ethyl adjacent to an activating group) is 1. The maximum absolute atomic E-state index is 12.5. The van der Waals surface area contributed by atoms with Crippen molar-refractivity contribution in [2.45, 2.75) is 19.9 Å². The predicted octanol–water partition coefficient (Wildman–Crippen LogP) is 1.94. The smallest absolute Gasteiger partial charge is 0.255 e. The van der Waals surface area contributed by atoms with Crippen molar-refractivity contribution in [1.29, 1.82) is 5.26 Å². The van der Waals surface area contributed by atoms with Gasteiger partial charge in [-0.2, -0.15) is 5.26 Å². The Kier molecular flexibility index (Phi) is 2.61. The van der Waals surface area contributed by atoms with E-state index in [-0.39, 0.29) is 5.91 Å². The van der Waals surface area contributed by atoms with Gasteiger partial charge in [0.25, 0.3) is 5.91 Å². The lowest BCUT2D eigenvalue weighted by Gasteiger charge is -2.13. The van der Waals surface area contributed by atoms with Gasteiger partial charge in [0, 0.05) is 30.7 Å². The van der Waals surface area contributed by atoms with E-state index in [0.29, 0.717) is 11.4 Å². The summed E-state index contributed by atoms with van der Waals surface area (Å²) in [6.45, 7) is 3.85. The van der Waals surface area contributed by atoms with Crippen LogP contribution in [0.3, 0.4) is 0 Å². The lowest BCUT2D eigenvalue weighted by atomic mass is 10.1. The number of aromatic nitrogens is 2. The van der Waals surface area contributed by atoms with Crippen molar-refractivity contribution in [3.8, 4) is 6.07 Å². The molecule has 3 heterocycles. The minimum Gasteiger partial charge on any atom is -0.314 e. The van der Waals surface area contributed by atoms with E-state index in [2.05, 4.69) is 11.1 Å². The van der Waals surface area contributed by atoms with Crippen molar-refractivity contribution >= 4 is 11.7 Å². The summed E-state index contributed by atoms with van der Waals surface area (Å²) >= 11 is 0. The second kappa shape index (κ2) is 4.20. The molecule has 100 valence electrons. The second-order valence-electron chi connectivity index (χ2n) is 4.98. The molecule has 2 aromatic heterocycles. The number of rotatable bonds is 1. The van der Waals surface area contributed by atoms with Gasteiger partial charge in [-0.25, -0.2) is 0 Å². The number of nitrogens with zero attached hydrogens (tertiary/aromatic N) is 4. The molecule has 1 aliphatic rings. The van der Waals surface area contributed by atoms with Gasteiger partial charge in [-0.3, -0.25) is 14.7 Å². The highest BCUT2D eigenvalue weighted by atomic mass is 16.2. The Morgan fingerprint density at radius 1 is 1.40 bits per heavy atom. The summed E-state index contributed by atoms with van der Waals surface area (Å²) < 4.78 is 1.94. The van der Waals surface area contributed by atoms with Crippen molar-refractivity contribution in [2.24, 2.45) is 0 Å². The lowest BCUT2D eigenvalue weighted by molar-refractivity contribution is -0.119. The zero-order chi connectivity index (χ0) is 14.4. The Morgan fingerprint density at radius 2 is 2.15 bits per heavy atom. The molecule has 0 bridgehead atoms. The maximum Gasteiger partial charge on any atom is 0.255 e. The van der Waals surface area contributed by atoms with E-state index in [1.807, 2.05) is 30.5 Å². The summed E-state index contributed by atoms with van der Waals surface area (Å²) in [7, 11) is 1.71. The van der Waals surface area contributed by atoms with Crippen LogP contribution in [0.25, 0.3) is 0 Å². The van der Waals surface area contributed by atoms with Crippen LogP contribution in [-0.2, 0) is 4.79 Å². The number of carbonyl (C=O) groups excluding carboxylic acids is 1. The van der Waals surface area contributed by atoms with Crippen molar-refractivity contribution in [1.82, 2.24) is 9.55 Å². The number of pyridine rings is 1. The number of hydrogen-bond acceptors (Lipinski definition) is 3. The topological polar surface area (TPSA) is 61.9 Å². The molecule has 0 saturated heterocycles. The predicted molar refractivity (Wildman–Crippen MR) is 74.4 cm³/mol. The van der Waals surface area contributed by atoms with Crippen molar-refractivity contribution in [3.05, 3.63) is 46.9 Å². The molecule has 0 aliphatic carbocycles. The van der Waals surface area contributed by atoms with E-state index in [1.54, 1.807) is 24.3 Å². The molecule has 5 heteroatoms. The summed E-state index contributed by atoms with van der Waals surface area (Å²) in [4.78, 5) is 18.2. The van der Waals surface area contributed by atoms with Crippen LogP contribution in [0.4, 0.5) is 5.82 Å². The summed E-state index contributed by atoms with van der Waals surface area (Å²) in [5.41, 5.74) is 3.29. The minimum absolute atomic E-state index is 0.0346. The Morgan fingerprint density at radius 3 is 2.75 bits per heavy atom. The van der Waals surface area contributed by atoms with Crippen LogP contribution < -0.4 is 4.90 Å². The first-order chi connectivity index (χ1) is 9.57. The zero-order valence-corrected chi connectivity index (χ0v) is 11.6. The number of nitriles is 1. The fourth-order valence-electron chi connectivity index (χ4n) is 2.82. The van der Waals surface area contributed by atoms with Crippen LogP contribution in [0, 0.1) is 25.2 Å². The summed E-state index contributed by atoms with van der Waals surface area (Å²) in [5, 5.41) is 9.34. The molecule has 1 amide bonds. The van der Waals surface area contributed by atoms with Crippen LogP contribution in [0.15, 0.2) is 24.5 Å². The molecule has 0 radical (unpaired) electrons. The summed E-state index contributed by atoms with van der Waals surface area (Å²) in [6, 6.07) is 5.49. The van der Waals surface area contributed by atoms with Gasteiger partial charge in [0.15, 0.2) is 0 Å². The molecule has 1 atom stereocenters. The molecular formula is C15H14N4O. The number of carbonyl (C=O) groups is 1. The lowest BCUT2D eigenvalue weighted by Crippen LogP contribution is -2.26. The normalized spacial score (nSPS) is 17.2. The minimum atomic E-state index is -0.426. The average Bonchev–Trinajstić information content (AvgIpc) is 2.86. The fourth-order valence-corrected chi connectivity index (χ4v) is 2.82. The summed E-state index contributed by atoms with van der Waals surface area (Å²) in [5.74, 6) is 0.647. The highest BCUT2D eigenvalue weighted by Gasteiger charge is 2.40. The number of fused-ring (bicyclic) bond motifs is 1. The van der Waals surface area contributed by atoms with Crippen LogP contribution >= 0.6 is 0 Å². The van der Waals surface area contributed by atoms with Crippen LogP contribution in [0.2, 0.25) is 0 Å². The molecule has 5 nitrogen and oxygen atoms in total. The Bertz CT molecular complexity index is 739. The first kappa shape index (κ1) is 12.4. The van der Waals surface area contributed by atoms with Gasteiger partial charge in [0.1, 0.15) is 17.9 Å². The van der Waals surface area contributed by atoms with Gasteiger partial charge in [-0.05, 0) is 25.5 Å². The Labute approximate surface area is 117 Å². The number of amides is 1. The third-order valence-electron chi connectivity index (χ3n) is 3.98. The molecule has 1 aliphatic heterocycles. The molecule has 3 rings (SSSR count). The average molecular weight is 266 g/mol. The third kappa shape index (κ3) is 1.42. The largest absolute Gasteiger partial charge is 0.314 e. The molecule has 0 N–H and O–H groups in total. The van der Waals surface area contributed by atoms with E-state index in [9.17, 15) is 10.1 Å². The molecular weight excluding hydrogens is 252 g/mol. The van der Waals surface area contributed by atoms with Gasteiger partial charge in [-0.15, -0.1) is 0 Å². The van der Waals surface area contributed by atoms with Gasteiger partial charge in [0.05, 0.1) is 5.56 Å². The summed E-state index contributed by atoms with van der Waals surface area (Å²) in [6.07, 6.45) is 3.38. The maximum atomic E-state index is 12.5. The fraction of sp³-hybridized carbons (Fsp3) is 0.267. The quantitative estimate of drug-likeness (QED) is 0.792. The third-order valence-corrected chi connectivity index (χ3v) is 3.98. The molecule has 0 aromatic carbocycles. The van der Waals surface area contributed by atoms with Crippen LogP contribution in [0.5, 0.6) is 0 Å². The molecule has 20 heavy (non-hydrogen) atoms. The number of hydrogen-bond donors (Lipinski definition) is 0. The highest BCUT2D eigenvalue weighted by molar-refractivity contribution is 6.02. The molecule has 0 fully saturated rings. The Hall–Kier alpha value is -2.61. The number of anilines is 1. The first-order valence-electron chi connectivity index (χ1n) is 6.37. The molecule has 1 unspecified atom stereocenters. The van der Waals surface area contributed by atoms with E-state index in [4.69, 9.17) is 0 Å². The van der Waals surface area contributed by atoms with Gasteiger partial charge in [-0.1, -0.05) is 6.07 Å². The second-order valence-corrected chi connectivity index (χ2v) is 4.98. The van der Waals surface area contributed by atoms with Crippen molar-refractivity contribution in [2.75, 3.05) is 11.9 Å². The SMILES string of the molecule is Cc1c(C#N)c2n(c1C)C(c1cccnc1)C(=O)N2C. The monoisotopic (exact) mass is 266 g/mol. The van der Waals surface area contributed by atoms with Crippen molar-refractivity contribution in [3.63, 3.8) is 0 Å². The van der Waals surface area contributed by atoms with E-state index < -0.39 is 6.04 Å². The molecule has 0 saturated carbocycles. The van der Waals surface area contributed by atoms with Crippen LogP contribution in [0.1, 0.15) is 28.4 Å². The van der Waals surface area contributed by atoms with Gasteiger partial charge < -0.3 is 4.57 Å². The van der Waals surface area contributed by atoms with E-state index in [1.165, 1.54) is 0 Å². The van der Waals surface area contributed by atoms with Crippen molar-refractivity contribution < 1.29 is 4.79 Å². The van der Waals surface area contributed by atoms with E-state index in [0.717, 1.165) is 16.8 Å². The zero-order valence-electron chi connectivity index (χ0n) is 11.6. The first-order valence-corrected chi connectivity index (χ1v) is 6.37. The van der Waals surface area contributed by atoms with Crippen LogP contribution in [-0.4, -0.2) is 22.5 Å². The molecule has 0 spiro atoms.